The highest BCUT2D eigenvalue weighted by Crippen LogP contribution is 2.48. The van der Waals surface area contributed by atoms with Crippen LogP contribution in [-0.4, -0.2) is 70.6 Å². The van der Waals surface area contributed by atoms with E-state index in [-0.39, 0.29) is 18.5 Å². The van der Waals surface area contributed by atoms with Crippen LogP contribution in [0.3, 0.4) is 0 Å². The Morgan fingerprint density at radius 2 is 1.54 bits per heavy atom. The fourth-order valence-corrected chi connectivity index (χ4v) is 3.46. The first-order chi connectivity index (χ1) is 16.5. The highest BCUT2D eigenvalue weighted by atomic mass is 31.2. The van der Waals surface area contributed by atoms with Crippen LogP contribution in [0, 0.1) is 0 Å². The largest absolute Gasteiger partial charge is 0.510 e. The number of nitrogen functional groups attached to an aromatic ring is 1. The van der Waals surface area contributed by atoms with E-state index in [1.807, 2.05) is 6.92 Å². The van der Waals surface area contributed by atoms with Crippen LogP contribution >= 0.6 is 7.60 Å². The van der Waals surface area contributed by atoms with Gasteiger partial charge in [-0.05, 0) is 34.6 Å². The molecule has 196 valence electrons. The summed E-state index contributed by atoms with van der Waals surface area (Å²) in [5.41, 5.74) is 6.73. The van der Waals surface area contributed by atoms with Crippen LogP contribution < -0.4 is 5.73 Å². The van der Waals surface area contributed by atoms with Crippen LogP contribution in [0.1, 0.15) is 40.7 Å². The molecule has 16 heteroatoms. The van der Waals surface area contributed by atoms with Crippen molar-refractivity contribution in [2.45, 2.75) is 52.9 Å². The molecule has 2 aromatic heterocycles. The Bertz CT molecular complexity index is 999. The molecule has 0 radical (unpaired) electrons. The zero-order valence-electron chi connectivity index (χ0n) is 20.1. The zero-order chi connectivity index (χ0) is 26.0. The van der Waals surface area contributed by atoms with Crippen LogP contribution in [-0.2, 0) is 37.3 Å². The lowest BCUT2D eigenvalue weighted by Gasteiger charge is -2.20. The molecule has 0 aliphatic heterocycles. The van der Waals surface area contributed by atoms with E-state index in [0.29, 0.717) is 11.2 Å². The van der Waals surface area contributed by atoms with Crippen molar-refractivity contribution in [1.29, 1.82) is 0 Å². The number of hydrogen-bond acceptors (Lipinski definition) is 14. The maximum absolute atomic E-state index is 13.1. The zero-order valence-corrected chi connectivity index (χ0v) is 21.0. The normalized spacial score (nSPS) is 12.7. The van der Waals surface area contributed by atoms with Gasteiger partial charge in [0.05, 0.1) is 31.2 Å². The summed E-state index contributed by atoms with van der Waals surface area (Å²) in [4.78, 5) is 35.3. The van der Waals surface area contributed by atoms with Gasteiger partial charge in [0.15, 0.2) is 11.5 Å². The summed E-state index contributed by atoms with van der Waals surface area (Å²) in [6, 6.07) is -0.308. The molecule has 2 rings (SSSR count). The average Bonchev–Trinajstić information content (AvgIpc) is 3.18. The molecule has 2 aromatic rings. The van der Waals surface area contributed by atoms with Crippen LogP contribution in [0.5, 0.6) is 0 Å². The standard InChI is InChI=1S/C19H30N5O10P/c1-12(2)33-18(25)29-9-31-35(27,32-10-30-19(26)34-13(3)4)11-28-6-14(5)24-8-23-15-16(20)21-7-22-17(15)24/h7-8,12-14H,6,9-11H2,1-5H3,(H2,20,21,22)/t14-/m1/s1. The minimum Gasteiger partial charge on any atom is -0.432 e. The molecule has 15 nitrogen and oxygen atoms in total. The molecule has 0 aliphatic rings. The summed E-state index contributed by atoms with van der Waals surface area (Å²) < 4.78 is 49.5. The van der Waals surface area contributed by atoms with Gasteiger partial charge < -0.3 is 34.0 Å². The Balaban J connectivity index is 1.95. The van der Waals surface area contributed by atoms with Gasteiger partial charge in [-0.1, -0.05) is 0 Å². The van der Waals surface area contributed by atoms with E-state index in [4.69, 9.17) is 38.5 Å². The number of hydrogen-bond donors (Lipinski definition) is 1. The molecule has 0 saturated carbocycles. The van der Waals surface area contributed by atoms with Gasteiger partial charge in [0.25, 0.3) is 0 Å². The monoisotopic (exact) mass is 519 g/mol. The topological polar surface area (TPSA) is 185 Å². The summed E-state index contributed by atoms with van der Waals surface area (Å²) in [5, 5.41) is 0. The number of ether oxygens (including phenoxy) is 5. The molecule has 0 bridgehead atoms. The van der Waals surface area contributed by atoms with E-state index in [2.05, 4.69) is 15.0 Å². The molecule has 35 heavy (non-hydrogen) atoms. The summed E-state index contributed by atoms with van der Waals surface area (Å²) in [6.45, 7) is 6.86. The molecule has 2 N–H and O–H groups in total. The molecule has 0 aliphatic carbocycles. The Morgan fingerprint density at radius 3 is 2.09 bits per heavy atom. The van der Waals surface area contributed by atoms with E-state index >= 15 is 0 Å². The minimum atomic E-state index is -4.05. The van der Waals surface area contributed by atoms with Gasteiger partial charge in [-0.25, -0.2) is 24.5 Å². The molecule has 0 unspecified atom stereocenters. The van der Waals surface area contributed by atoms with Crippen LogP contribution in [0.2, 0.25) is 0 Å². The number of aromatic nitrogens is 4. The number of anilines is 1. The molecular formula is C19H30N5O10P. The lowest BCUT2D eigenvalue weighted by Crippen LogP contribution is -2.18. The van der Waals surface area contributed by atoms with E-state index < -0.39 is 52.0 Å². The Hall–Kier alpha value is -3.00. The van der Waals surface area contributed by atoms with E-state index in [0.717, 1.165) is 0 Å². The van der Waals surface area contributed by atoms with Crippen LogP contribution in [0.15, 0.2) is 12.7 Å². The maximum Gasteiger partial charge on any atom is 0.510 e. The second kappa shape index (κ2) is 13.2. The molecule has 0 amide bonds. The SMILES string of the molecule is CC(C)OC(=O)OCOP(=O)(COC[C@@H](C)n1cnc2c(N)ncnc21)OCOC(=O)OC(C)C. The van der Waals surface area contributed by atoms with Gasteiger partial charge in [-0.15, -0.1) is 0 Å². The van der Waals surface area contributed by atoms with Crippen molar-refractivity contribution in [3.05, 3.63) is 12.7 Å². The van der Waals surface area contributed by atoms with Crippen molar-refractivity contribution in [2.75, 3.05) is 32.3 Å². The van der Waals surface area contributed by atoms with Crippen LogP contribution in [0.4, 0.5) is 15.4 Å². The molecule has 2 heterocycles. The first kappa shape index (κ1) is 28.2. The highest BCUT2D eigenvalue weighted by molar-refractivity contribution is 7.53. The number of rotatable bonds is 13. The van der Waals surface area contributed by atoms with Gasteiger partial charge in [-0.3, -0.25) is 13.6 Å². The fourth-order valence-electron chi connectivity index (χ4n) is 2.48. The first-order valence-corrected chi connectivity index (χ1v) is 12.3. The average molecular weight is 519 g/mol. The van der Waals surface area contributed by atoms with Crippen molar-refractivity contribution >= 4 is 36.9 Å². The second-order valence-corrected chi connectivity index (χ2v) is 9.65. The number of carbonyl (C=O) groups excluding carboxylic acids is 2. The third-order valence-electron chi connectivity index (χ3n) is 3.99. The molecular weight excluding hydrogens is 489 g/mol. The quantitative estimate of drug-likeness (QED) is 0.231. The van der Waals surface area contributed by atoms with Crippen molar-refractivity contribution in [2.24, 2.45) is 0 Å². The van der Waals surface area contributed by atoms with Gasteiger partial charge in [-0.2, -0.15) is 0 Å². The Labute approximate surface area is 201 Å². The minimum absolute atomic E-state index is 0.0403. The summed E-state index contributed by atoms with van der Waals surface area (Å²) in [5.74, 6) is 0.236. The lowest BCUT2D eigenvalue weighted by molar-refractivity contribution is -0.0347. The van der Waals surface area contributed by atoms with Crippen molar-refractivity contribution in [3.63, 3.8) is 0 Å². The number of nitrogens with two attached hydrogens (primary N) is 1. The summed E-state index contributed by atoms with van der Waals surface area (Å²) in [7, 11) is -4.05. The molecule has 0 fully saturated rings. The molecule has 0 saturated heterocycles. The molecule has 0 aromatic carbocycles. The molecule has 0 spiro atoms. The second-order valence-electron chi connectivity index (χ2n) is 7.66. The van der Waals surface area contributed by atoms with E-state index in [9.17, 15) is 14.2 Å². The predicted octanol–water partition coefficient (Wildman–Crippen LogP) is 3.21. The van der Waals surface area contributed by atoms with Gasteiger partial charge in [0, 0.05) is 0 Å². The lowest BCUT2D eigenvalue weighted by atomic mass is 10.3. The van der Waals surface area contributed by atoms with Crippen LogP contribution in [0.25, 0.3) is 11.2 Å². The number of fused-ring (bicyclic) bond motifs is 1. The van der Waals surface area contributed by atoms with Gasteiger partial charge in [0.2, 0.25) is 13.6 Å². The highest BCUT2D eigenvalue weighted by Gasteiger charge is 2.28. The number of nitrogens with zero attached hydrogens (tertiary/aromatic N) is 4. The summed E-state index contributed by atoms with van der Waals surface area (Å²) in [6.07, 6.45) is -0.595. The maximum atomic E-state index is 13.1. The Morgan fingerprint density at radius 1 is 0.971 bits per heavy atom. The van der Waals surface area contributed by atoms with Crippen molar-refractivity contribution in [3.8, 4) is 0 Å². The number of imidazole rings is 1. The fraction of sp³-hybridized carbons (Fsp3) is 0.632. The first-order valence-electron chi connectivity index (χ1n) is 10.6. The van der Waals surface area contributed by atoms with E-state index in [1.54, 1.807) is 32.3 Å². The third-order valence-corrected chi connectivity index (χ3v) is 5.48. The van der Waals surface area contributed by atoms with E-state index in [1.165, 1.54) is 12.7 Å². The summed E-state index contributed by atoms with van der Waals surface area (Å²) >= 11 is 0. The smallest absolute Gasteiger partial charge is 0.432 e. The predicted molar refractivity (Wildman–Crippen MR) is 120 cm³/mol. The third kappa shape index (κ3) is 9.28. The Kier molecular flexibility index (Phi) is 10.6. The molecule has 1 atom stereocenters. The van der Waals surface area contributed by atoms with Crippen molar-refractivity contribution < 1.29 is 46.9 Å². The van der Waals surface area contributed by atoms with Gasteiger partial charge in [0.1, 0.15) is 18.2 Å². The van der Waals surface area contributed by atoms with Crippen molar-refractivity contribution in [1.82, 2.24) is 19.5 Å². The van der Waals surface area contributed by atoms with Gasteiger partial charge >= 0.3 is 19.9 Å². The number of carbonyl (C=O) groups is 2.